The smallest absolute Gasteiger partial charge is 0.299 e. The summed E-state index contributed by atoms with van der Waals surface area (Å²) in [6, 6.07) is 0. The normalized spacial score (nSPS) is 19.6. The van der Waals surface area contributed by atoms with Crippen LogP contribution in [-0.4, -0.2) is 20.7 Å². The summed E-state index contributed by atoms with van der Waals surface area (Å²) in [5, 5.41) is 21.2. The number of alkyl halides is 2. The number of halogens is 2. The maximum absolute atomic E-state index is 10.6. The lowest BCUT2D eigenvalue weighted by Gasteiger charge is -2.05. The van der Waals surface area contributed by atoms with Crippen LogP contribution in [0.4, 0.5) is 0 Å². The summed E-state index contributed by atoms with van der Waals surface area (Å²) >= 11 is 10.6. The summed E-state index contributed by atoms with van der Waals surface area (Å²) in [6.45, 7) is 2.78. The summed E-state index contributed by atoms with van der Waals surface area (Å²) in [5.41, 5.74) is -1.78. The molecule has 0 spiro atoms. The molecular formula is C4H8Cl2N2O2. The van der Waals surface area contributed by atoms with Crippen molar-refractivity contribution in [3.63, 3.8) is 0 Å². The molecule has 0 heterocycles. The van der Waals surface area contributed by atoms with Gasteiger partial charge < -0.3 is 10.4 Å². The van der Waals surface area contributed by atoms with Crippen LogP contribution in [0.5, 0.6) is 0 Å². The topological polar surface area (TPSA) is 52.1 Å². The van der Waals surface area contributed by atoms with Gasteiger partial charge in [-0.2, -0.15) is 0 Å². The molecule has 0 saturated heterocycles. The Bertz CT molecular complexity index is 130. The quantitative estimate of drug-likeness (QED) is 0.217. The molecule has 0 saturated carbocycles. The third-order valence-electron chi connectivity index (χ3n) is 0.803. The molecule has 0 aromatic carbocycles. The first-order chi connectivity index (χ1) is 4.46. The summed E-state index contributed by atoms with van der Waals surface area (Å²) < 4.78 is 0. The predicted molar refractivity (Wildman–Crippen MR) is 37.9 cm³/mol. The highest BCUT2D eigenvalue weighted by atomic mass is 35.5. The van der Waals surface area contributed by atoms with Crippen molar-refractivity contribution in [3.05, 3.63) is 10.4 Å². The number of rotatable bonds is 2. The fraction of sp³-hybridized carbons (Fsp3) is 1.00. The minimum atomic E-state index is -0.890. The Morgan fingerprint density at radius 1 is 1.00 bits per heavy atom. The molecule has 0 rings (SSSR count). The average molecular weight is 187 g/mol. The molecule has 2 atom stereocenters. The number of hydrogen-bond donors (Lipinski definition) is 0. The maximum atomic E-state index is 10.6. The van der Waals surface area contributed by atoms with E-state index in [1.54, 1.807) is 0 Å². The molecule has 6 heteroatoms. The predicted octanol–water partition coefficient (Wildman–Crippen LogP) is 1.63. The van der Waals surface area contributed by atoms with Gasteiger partial charge in [0.05, 0.1) is 9.72 Å². The van der Waals surface area contributed by atoms with Crippen LogP contribution in [0.3, 0.4) is 0 Å². The number of hydroxylamine groups is 2. The first kappa shape index (κ1) is 9.78. The van der Waals surface area contributed by atoms with Gasteiger partial charge in [-0.3, -0.25) is 0 Å². The van der Waals surface area contributed by atoms with E-state index in [0.717, 1.165) is 0 Å². The van der Waals surface area contributed by atoms with E-state index in [4.69, 9.17) is 23.2 Å². The Balaban J connectivity index is 4.34. The van der Waals surface area contributed by atoms with Gasteiger partial charge in [0, 0.05) is 13.8 Å². The summed E-state index contributed by atoms with van der Waals surface area (Å²) in [4.78, 5) is 0.137. The molecular weight excluding hydrogens is 179 g/mol. The van der Waals surface area contributed by atoms with Crippen LogP contribution in [0.25, 0.3) is 0 Å². The largest absolute Gasteiger partial charge is 0.566 e. The highest BCUT2D eigenvalue weighted by Crippen LogP contribution is 2.00. The lowest BCUT2D eigenvalue weighted by molar-refractivity contribution is -0.981. The third-order valence-corrected chi connectivity index (χ3v) is 1.14. The van der Waals surface area contributed by atoms with Crippen molar-refractivity contribution in [1.29, 1.82) is 0 Å². The molecule has 0 aliphatic rings. The second kappa shape index (κ2) is 3.83. The van der Waals surface area contributed by atoms with E-state index in [1.165, 1.54) is 13.8 Å². The van der Waals surface area contributed by atoms with Crippen LogP contribution < -0.4 is 0 Å². The molecule has 0 bridgehead atoms. The van der Waals surface area contributed by atoms with E-state index in [9.17, 15) is 10.4 Å². The fourth-order valence-electron chi connectivity index (χ4n) is 0.314. The number of hydrogen-bond acceptors (Lipinski definition) is 2. The van der Waals surface area contributed by atoms with E-state index in [1.807, 2.05) is 0 Å². The van der Waals surface area contributed by atoms with Crippen molar-refractivity contribution in [2.24, 2.45) is 0 Å². The zero-order valence-corrected chi connectivity index (χ0v) is 7.13. The first-order valence-corrected chi connectivity index (χ1v) is 3.55. The maximum Gasteiger partial charge on any atom is 0.299 e. The lowest BCUT2D eigenvalue weighted by Crippen LogP contribution is -2.25. The third kappa shape index (κ3) is 2.58. The van der Waals surface area contributed by atoms with Crippen molar-refractivity contribution in [1.82, 2.24) is 0 Å². The first-order valence-electron chi connectivity index (χ1n) is 2.67. The minimum Gasteiger partial charge on any atom is -0.566 e. The Morgan fingerprint density at radius 2 is 1.20 bits per heavy atom. The average Bonchev–Trinajstić information content (AvgIpc) is 1.84. The number of nitrogens with zero attached hydrogens (tertiary/aromatic N) is 2. The van der Waals surface area contributed by atoms with Gasteiger partial charge in [-0.1, -0.05) is 0 Å². The second-order valence-electron chi connectivity index (χ2n) is 1.75. The molecule has 0 aliphatic carbocycles. The van der Waals surface area contributed by atoms with Crippen molar-refractivity contribution in [2.75, 3.05) is 0 Å². The molecule has 0 aromatic rings. The van der Waals surface area contributed by atoms with Crippen LogP contribution in [-0.2, 0) is 0 Å². The number of azo groups is 1. The van der Waals surface area contributed by atoms with Crippen LogP contribution in [0.2, 0.25) is 0 Å². The molecule has 0 aromatic heterocycles. The van der Waals surface area contributed by atoms with Crippen molar-refractivity contribution >= 4 is 23.2 Å². The van der Waals surface area contributed by atoms with Crippen molar-refractivity contribution in [3.8, 4) is 0 Å². The molecule has 0 N–H and O–H groups in total. The van der Waals surface area contributed by atoms with Gasteiger partial charge in [-0.15, -0.1) is 0 Å². The molecule has 10 heavy (non-hydrogen) atoms. The molecule has 0 aliphatic heterocycles. The van der Waals surface area contributed by atoms with Gasteiger partial charge in [0.1, 0.15) is 0 Å². The Kier molecular flexibility index (Phi) is 3.75. The second-order valence-corrected chi connectivity index (χ2v) is 3.02. The van der Waals surface area contributed by atoms with E-state index < -0.39 is 11.0 Å². The summed E-state index contributed by atoms with van der Waals surface area (Å²) in [6.07, 6.45) is 0. The van der Waals surface area contributed by atoms with Gasteiger partial charge in [0.2, 0.25) is 0 Å². The van der Waals surface area contributed by atoms with E-state index in [2.05, 4.69) is 0 Å². The molecule has 60 valence electrons. The highest BCUT2D eigenvalue weighted by Gasteiger charge is 2.18. The van der Waals surface area contributed by atoms with E-state index in [-0.39, 0.29) is 9.72 Å². The van der Waals surface area contributed by atoms with Gasteiger partial charge in [-0.25, -0.2) is 0 Å². The lowest BCUT2D eigenvalue weighted by atomic mass is 10.8. The molecule has 2 unspecified atom stereocenters. The van der Waals surface area contributed by atoms with Crippen LogP contribution >= 0.6 is 23.2 Å². The summed E-state index contributed by atoms with van der Waals surface area (Å²) in [7, 11) is 0. The Morgan fingerprint density at radius 3 is 1.30 bits per heavy atom. The van der Waals surface area contributed by atoms with Gasteiger partial charge >= 0.3 is 0 Å². The molecule has 0 fully saturated rings. The van der Waals surface area contributed by atoms with Gasteiger partial charge in [0.25, 0.3) is 11.0 Å². The van der Waals surface area contributed by atoms with Crippen LogP contribution in [0.15, 0.2) is 0 Å². The standard InChI is InChI=1S/C4H8Cl2N2O2/c1-3(5)7(9)8(10)4(2)6/h3-4H,1-2H3/b8-7+. The van der Waals surface area contributed by atoms with E-state index in [0.29, 0.717) is 0 Å². The van der Waals surface area contributed by atoms with Gasteiger partial charge in [0.15, 0.2) is 0 Å². The zero-order valence-electron chi connectivity index (χ0n) is 5.62. The van der Waals surface area contributed by atoms with Crippen molar-refractivity contribution in [2.45, 2.75) is 24.8 Å². The minimum absolute atomic E-state index is 0.0687. The summed E-state index contributed by atoms with van der Waals surface area (Å²) in [5.74, 6) is 0. The SMILES string of the molecule is CC(Cl)/[N+]([O-])=[N+](\[O-])C(C)Cl. The molecule has 0 radical (unpaired) electrons. The monoisotopic (exact) mass is 186 g/mol. The fourth-order valence-corrected chi connectivity index (χ4v) is 0.486. The highest BCUT2D eigenvalue weighted by molar-refractivity contribution is 6.19. The Labute approximate surface area is 68.8 Å². The molecule has 4 nitrogen and oxygen atoms in total. The molecule has 0 amide bonds. The van der Waals surface area contributed by atoms with Crippen LogP contribution in [0, 0.1) is 10.4 Å². The van der Waals surface area contributed by atoms with Crippen LogP contribution in [0.1, 0.15) is 13.8 Å². The van der Waals surface area contributed by atoms with Crippen molar-refractivity contribution < 1.29 is 9.72 Å². The van der Waals surface area contributed by atoms with E-state index >= 15 is 0 Å². The van der Waals surface area contributed by atoms with Gasteiger partial charge in [-0.05, 0) is 23.2 Å². The Hall–Kier alpha value is -0.220. The zero-order chi connectivity index (χ0) is 8.31.